The van der Waals surface area contributed by atoms with Gasteiger partial charge in [-0.25, -0.2) is 0 Å². The number of nitrogens with one attached hydrogen (secondary N) is 2. The molecule has 138 valence electrons. The predicted octanol–water partition coefficient (Wildman–Crippen LogP) is 3.71. The molecule has 25 heavy (non-hydrogen) atoms. The van der Waals surface area contributed by atoms with Gasteiger partial charge in [-0.05, 0) is 57.7 Å². The van der Waals surface area contributed by atoms with E-state index in [9.17, 15) is 9.59 Å². The maximum atomic E-state index is 12.4. The minimum atomic E-state index is -0.299. The second-order valence-corrected chi connectivity index (χ2v) is 7.91. The average Bonchev–Trinajstić information content (AvgIpc) is 2.54. The van der Waals surface area contributed by atoms with Crippen LogP contribution in [0.3, 0.4) is 0 Å². The van der Waals surface area contributed by atoms with Crippen LogP contribution in [0.4, 0.5) is 5.69 Å². The number of rotatable bonds is 5. The molecule has 1 fully saturated rings. The van der Waals surface area contributed by atoms with E-state index in [-0.39, 0.29) is 29.3 Å². The molecule has 2 unspecified atom stereocenters. The summed E-state index contributed by atoms with van der Waals surface area (Å²) < 4.78 is 0. The minimum Gasteiger partial charge on any atom is -0.347 e. The molecule has 0 radical (unpaired) electrons. The van der Waals surface area contributed by atoms with Crippen LogP contribution in [0.15, 0.2) is 18.2 Å². The van der Waals surface area contributed by atoms with Gasteiger partial charge in [-0.15, -0.1) is 0 Å². The Morgan fingerprint density at radius 3 is 2.64 bits per heavy atom. The molecule has 2 rings (SSSR count). The molecule has 1 saturated carbocycles. The number of hydrogen-bond acceptors (Lipinski definition) is 3. The lowest BCUT2D eigenvalue weighted by molar-refractivity contribution is -0.120. The lowest BCUT2D eigenvalue weighted by atomic mass is 9.85. The first-order chi connectivity index (χ1) is 11.7. The molecule has 1 aliphatic carbocycles. The molecule has 4 N–H and O–H groups in total. The molecular weight excluding hydrogens is 338 g/mol. The fourth-order valence-corrected chi connectivity index (χ4v) is 3.22. The van der Waals surface area contributed by atoms with Crippen LogP contribution < -0.4 is 16.4 Å². The van der Waals surface area contributed by atoms with Crippen molar-refractivity contribution in [1.82, 2.24) is 5.32 Å². The molecule has 1 aliphatic rings. The van der Waals surface area contributed by atoms with Gasteiger partial charge in [0.15, 0.2) is 0 Å². The molecule has 0 heterocycles. The van der Waals surface area contributed by atoms with Gasteiger partial charge in [0.1, 0.15) is 0 Å². The quantitative estimate of drug-likeness (QED) is 0.743. The minimum absolute atomic E-state index is 0.0319. The first-order valence-electron chi connectivity index (χ1n) is 8.90. The van der Waals surface area contributed by atoms with E-state index in [1.165, 1.54) is 0 Å². The highest BCUT2D eigenvalue weighted by atomic mass is 35.5. The smallest absolute Gasteiger partial charge is 0.253 e. The van der Waals surface area contributed by atoms with Crippen molar-refractivity contribution >= 4 is 29.1 Å². The third kappa shape index (κ3) is 5.44. The van der Waals surface area contributed by atoms with Crippen LogP contribution in [0, 0.1) is 5.92 Å². The molecule has 2 amide bonds. The SMILES string of the molecule is CCC(C)(C)NC(=O)c1ccc(NC(=O)C2CCCC(N)C2)cc1Cl. The van der Waals surface area contributed by atoms with Crippen LogP contribution in [0.25, 0.3) is 0 Å². The summed E-state index contributed by atoms with van der Waals surface area (Å²) in [5.74, 6) is -0.306. The monoisotopic (exact) mass is 365 g/mol. The standard InChI is InChI=1S/C19H28ClN3O2/c1-4-19(2,3)23-18(25)15-9-8-14(11-16(15)20)22-17(24)12-6-5-7-13(21)10-12/h8-9,11-13H,4-7,10,21H2,1-3H3,(H,22,24)(H,23,25). The van der Waals surface area contributed by atoms with Crippen LogP contribution in [-0.4, -0.2) is 23.4 Å². The van der Waals surface area contributed by atoms with Crippen LogP contribution in [0.5, 0.6) is 0 Å². The van der Waals surface area contributed by atoms with E-state index >= 15 is 0 Å². The number of nitrogens with two attached hydrogens (primary N) is 1. The summed E-state index contributed by atoms with van der Waals surface area (Å²) in [5, 5.41) is 6.16. The normalized spacial score (nSPS) is 20.8. The van der Waals surface area contributed by atoms with Crippen LogP contribution in [-0.2, 0) is 4.79 Å². The largest absolute Gasteiger partial charge is 0.347 e. The van der Waals surface area contributed by atoms with Crippen molar-refractivity contribution in [1.29, 1.82) is 0 Å². The molecular formula is C19H28ClN3O2. The zero-order valence-electron chi connectivity index (χ0n) is 15.2. The van der Waals surface area contributed by atoms with Crippen molar-refractivity contribution in [2.24, 2.45) is 11.7 Å². The maximum absolute atomic E-state index is 12.4. The Labute approximate surface area is 154 Å². The highest BCUT2D eigenvalue weighted by Crippen LogP contribution is 2.26. The van der Waals surface area contributed by atoms with Gasteiger partial charge in [0.25, 0.3) is 5.91 Å². The number of carbonyl (C=O) groups excluding carboxylic acids is 2. The highest BCUT2D eigenvalue weighted by Gasteiger charge is 2.26. The van der Waals surface area contributed by atoms with Crippen molar-refractivity contribution in [2.75, 3.05) is 5.32 Å². The van der Waals surface area contributed by atoms with Gasteiger partial charge in [-0.2, -0.15) is 0 Å². The second-order valence-electron chi connectivity index (χ2n) is 7.50. The highest BCUT2D eigenvalue weighted by molar-refractivity contribution is 6.34. The lowest BCUT2D eigenvalue weighted by Crippen LogP contribution is -2.42. The Bertz CT molecular complexity index is 646. The van der Waals surface area contributed by atoms with E-state index in [1.807, 2.05) is 20.8 Å². The number of benzene rings is 1. The van der Waals surface area contributed by atoms with Gasteiger partial charge in [0, 0.05) is 23.2 Å². The van der Waals surface area contributed by atoms with E-state index in [2.05, 4.69) is 10.6 Å². The number of hydrogen-bond donors (Lipinski definition) is 3. The Balaban J connectivity index is 2.03. The molecule has 6 heteroatoms. The summed E-state index contributed by atoms with van der Waals surface area (Å²) in [5.41, 5.74) is 6.65. The topological polar surface area (TPSA) is 84.2 Å². The summed E-state index contributed by atoms with van der Waals surface area (Å²) >= 11 is 6.26. The number of anilines is 1. The molecule has 1 aromatic carbocycles. The Morgan fingerprint density at radius 1 is 1.32 bits per heavy atom. The first kappa shape index (κ1) is 19.7. The summed E-state index contributed by atoms with van der Waals surface area (Å²) in [7, 11) is 0. The van der Waals surface area contributed by atoms with Gasteiger partial charge in [0.2, 0.25) is 5.91 Å². The maximum Gasteiger partial charge on any atom is 0.253 e. The summed E-state index contributed by atoms with van der Waals surface area (Å²) in [4.78, 5) is 24.7. The van der Waals surface area contributed by atoms with Gasteiger partial charge in [-0.1, -0.05) is 24.9 Å². The Kier molecular flexibility index (Phi) is 6.47. The van der Waals surface area contributed by atoms with Crippen molar-refractivity contribution in [3.8, 4) is 0 Å². The molecule has 1 aromatic rings. The van der Waals surface area contributed by atoms with Crippen molar-refractivity contribution in [3.63, 3.8) is 0 Å². The third-order valence-electron chi connectivity index (χ3n) is 4.90. The van der Waals surface area contributed by atoms with E-state index in [4.69, 9.17) is 17.3 Å². The van der Waals surface area contributed by atoms with Crippen molar-refractivity contribution in [2.45, 2.75) is 64.5 Å². The van der Waals surface area contributed by atoms with Crippen LogP contribution >= 0.6 is 11.6 Å². The Hall–Kier alpha value is -1.59. The van der Waals surface area contributed by atoms with E-state index in [0.717, 1.165) is 25.7 Å². The van der Waals surface area contributed by atoms with E-state index in [0.29, 0.717) is 22.7 Å². The fourth-order valence-electron chi connectivity index (χ4n) is 2.95. The van der Waals surface area contributed by atoms with Crippen LogP contribution in [0.1, 0.15) is 63.2 Å². The van der Waals surface area contributed by atoms with Gasteiger partial charge in [-0.3, -0.25) is 9.59 Å². The predicted molar refractivity (Wildman–Crippen MR) is 102 cm³/mol. The van der Waals surface area contributed by atoms with Crippen molar-refractivity contribution in [3.05, 3.63) is 28.8 Å². The molecule has 2 atom stereocenters. The molecule has 5 nitrogen and oxygen atoms in total. The molecule has 0 bridgehead atoms. The zero-order chi connectivity index (χ0) is 18.6. The number of amides is 2. The third-order valence-corrected chi connectivity index (χ3v) is 5.22. The van der Waals surface area contributed by atoms with Crippen molar-refractivity contribution < 1.29 is 9.59 Å². The zero-order valence-corrected chi connectivity index (χ0v) is 16.0. The number of halogens is 1. The van der Waals surface area contributed by atoms with Crippen LogP contribution in [0.2, 0.25) is 5.02 Å². The first-order valence-corrected chi connectivity index (χ1v) is 9.28. The Morgan fingerprint density at radius 2 is 2.04 bits per heavy atom. The lowest BCUT2D eigenvalue weighted by Gasteiger charge is -2.26. The van der Waals surface area contributed by atoms with E-state index in [1.54, 1.807) is 18.2 Å². The fraction of sp³-hybridized carbons (Fsp3) is 0.579. The molecule has 0 saturated heterocycles. The molecule has 0 spiro atoms. The molecule has 0 aromatic heterocycles. The average molecular weight is 366 g/mol. The summed E-state index contributed by atoms with van der Waals surface area (Å²) in [6.45, 7) is 5.93. The van der Waals surface area contributed by atoms with Gasteiger partial charge >= 0.3 is 0 Å². The van der Waals surface area contributed by atoms with E-state index < -0.39 is 0 Å². The second kappa shape index (κ2) is 8.19. The summed E-state index contributed by atoms with van der Waals surface area (Å²) in [6.07, 6.45) is 4.35. The van der Waals surface area contributed by atoms with Gasteiger partial charge in [0.05, 0.1) is 10.6 Å². The number of carbonyl (C=O) groups is 2. The van der Waals surface area contributed by atoms with Gasteiger partial charge < -0.3 is 16.4 Å². The molecule has 0 aliphatic heterocycles. The summed E-state index contributed by atoms with van der Waals surface area (Å²) in [6, 6.07) is 5.07.